The minimum atomic E-state index is -0.599. The number of piperidine rings is 1. The molecule has 0 bridgehead atoms. The number of hydrogen-bond acceptors (Lipinski definition) is 2. The number of rotatable bonds is 3. The lowest BCUT2D eigenvalue weighted by Gasteiger charge is -2.37. The Morgan fingerprint density at radius 1 is 1.35 bits per heavy atom. The number of phenolic OH excluding ortho intramolecular Hbond substituents is 1. The minimum Gasteiger partial charge on any atom is -0.505 e. The van der Waals surface area contributed by atoms with Crippen molar-refractivity contribution >= 4 is 29.9 Å². The summed E-state index contributed by atoms with van der Waals surface area (Å²) in [4.78, 5) is 6.92. The van der Waals surface area contributed by atoms with Gasteiger partial charge in [-0.15, -0.1) is 24.0 Å². The molecule has 1 aliphatic heterocycles. The summed E-state index contributed by atoms with van der Waals surface area (Å²) in [6.45, 7) is 9.79. The van der Waals surface area contributed by atoms with E-state index in [1.807, 2.05) is 6.92 Å². The summed E-state index contributed by atoms with van der Waals surface area (Å²) in [6.07, 6.45) is 1.25. The fraction of sp³-hybridized carbons (Fsp3) is 0.588. The standard InChI is InChI=1S/C17H26FN3O.HI/c1-4-19-17(21-10-12(2)7-13(3)11-21)20-9-14-5-6-16(22)15(18)8-14;/h5-6,8,12-13,22H,4,7,9-11H2,1-3H3,(H,19,20);1H. The zero-order valence-electron chi connectivity index (χ0n) is 14.1. The van der Waals surface area contributed by atoms with Crippen LogP contribution in [0.3, 0.4) is 0 Å². The van der Waals surface area contributed by atoms with Gasteiger partial charge in [0, 0.05) is 19.6 Å². The van der Waals surface area contributed by atoms with E-state index in [9.17, 15) is 9.50 Å². The summed E-state index contributed by atoms with van der Waals surface area (Å²) in [5, 5.41) is 12.6. The number of aliphatic imine (C=N–C) groups is 1. The molecule has 0 aromatic heterocycles. The molecule has 0 saturated carbocycles. The maximum Gasteiger partial charge on any atom is 0.194 e. The molecule has 1 saturated heterocycles. The minimum absolute atomic E-state index is 0. The molecule has 0 radical (unpaired) electrons. The van der Waals surface area contributed by atoms with Crippen LogP contribution < -0.4 is 5.32 Å². The van der Waals surface area contributed by atoms with Crippen LogP contribution in [0.25, 0.3) is 0 Å². The van der Waals surface area contributed by atoms with Crippen LogP contribution in [0, 0.1) is 17.7 Å². The van der Waals surface area contributed by atoms with Crippen molar-refractivity contribution < 1.29 is 9.50 Å². The van der Waals surface area contributed by atoms with Gasteiger partial charge in [-0.05, 0) is 42.9 Å². The number of hydrogen-bond donors (Lipinski definition) is 2. The molecule has 4 nitrogen and oxygen atoms in total. The second-order valence-electron chi connectivity index (χ2n) is 6.31. The zero-order chi connectivity index (χ0) is 16.1. The number of halogens is 2. The molecule has 2 atom stereocenters. The van der Waals surface area contributed by atoms with Crippen LogP contribution >= 0.6 is 24.0 Å². The van der Waals surface area contributed by atoms with Crippen LogP contribution in [0.4, 0.5) is 4.39 Å². The second kappa shape index (κ2) is 9.30. The van der Waals surface area contributed by atoms with Crippen molar-refractivity contribution in [3.8, 4) is 5.75 Å². The highest BCUT2D eigenvalue weighted by Crippen LogP contribution is 2.21. The summed E-state index contributed by atoms with van der Waals surface area (Å²) in [6, 6.07) is 4.41. The van der Waals surface area contributed by atoms with Gasteiger partial charge in [0.25, 0.3) is 0 Å². The maximum atomic E-state index is 13.4. The lowest BCUT2D eigenvalue weighted by atomic mass is 9.92. The first-order chi connectivity index (χ1) is 10.5. The highest BCUT2D eigenvalue weighted by atomic mass is 127. The van der Waals surface area contributed by atoms with Crippen molar-refractivity contribution in [2.24, 2.45) is 16.8 Å². The first-order valence-electron chi connectivity index (χ1n) is 8.00. The molecule has 130 valence electrons. The van der Waals surface area contributed by atoms with E-state index in [2.05, 4.69) is 29.1 Å². The van der Waals surface area contributed by atoms with Gasteiger partial charge in [-0.2, -0.15) is 0 Å². The molecule has 0 amide bonds. The van der Waals surface area contributed by atoms with Crippen molar-refractivity contribution in [1.82, 2.24) is 10.2 Å². The quantitative estimate of drug-likeness (QED) is 0.434. The van der Waals surface area contributed by atoms with Crippen molar-refractivity contribution in [3.05, 3.63) is 29.6 Å². The summed E-state index contributed by atoms with van der Waals surface area (Å²) >= 11 is 0. The summed E-state index contributed by atoms with van der Waals surface area (Å²) in [7, 11) is 0. The van der Waals surface area contributed by atoms with E-state index < -0.39 is 5.82 Å². The van der Waals surface area contributed by atoms with Crippen molar-refractivity contribution in [2.75, 3.05) is 19.6 Å². The Labute approximate surface area is 155 Å². The third-order valence-corrected chi connectivity index (χ3v) is 3.93. The first kappa shape index (κ1) is 20.0. The lowest BCUT2D eigenvalue weighted by Crippen LogP contribution is -2.48. The van der Waals surface area contributed by atoms with E-state index in [1.165, 1.54) is 18.6 Å². The summed E-state index contributed by atoms with van der Waals surface area (Å²) < 4.78 is 13.4. The molecule has 0 spiro atoms. The van der Waals surface area contributed by atoms with E-state index in [0.717, 1.165) is 31.2 Å². The Balaban J connectivity index is 0.00000264. The molecule has 1 aliphatic rings. The maximum absolute atomic E-state index is 13.4. The predicted molar refractivity (Wildman–Crippen MR) is 103 cm³/mol. The van der Waals surface area contributed by atoms with Crippen molar-refractivity contribution in [1.29, 1.82) is 0 Å². The van der Waals surface area contributed by atoms with Gasteiger partial charge in [0.15, 0.2) is 17.5 Å². The van der Waals surface area contributed by atoms with Gasteiger partial charge in [0.05, 0.1) is 6.54 Å². The third-order valence-electron chi connectivity index (χ3n) is 3.93. The average Bonchev–Trinajstić information content (AvgIpc) is 2.46. The van der Waals surface area contributed by atoms with Crippen LogP contribution in [0.15, 0.2) is 23.2 Å². The van der Waals surface area contributed by atoms with Gasteiger partial charge in [0.2, 0.25) is 0 Å². The smallest absolute Gasteiger partial charge is 0.194 e. The summed E-state index contributed by atoms with van der Waals surface area (Å²) in [5.41, 5.74) is 0.754. The van der Waals surface area contributed by atoms with Crippen LogP contribution in [-0.2, 0) is 6.54 Å². The van der Waals surface area contributed by atoms with E-state index in [4.69, 9.17) is 0 Å². The topological polar surface area (TPSA) is 47.9 Å². The number of phenols is 1. The SMILES string of the molecule is CCNC(=NCc1ccc(O)c(F)c1)N1CC(C)CC(C)C1.I. The van der Waals surface area contributed by atoms with Crippen LogP contribution in [0.5, 0.6) is 5.75 Å². The van der Waals surface area contributed by atoms with Gasteiger partial charge in [-0.1, -0.05) is 19.9 Å². The van der Waals surface area contributed by atoms with Gasteiger partial charge in [-0.25, -0.2) is 9.38 Å². The van der Waals surface area contributed by atoms with Gasteiger partial charge < -0.3 is 15.3 Å². The number of aromatic hydroxyl groups is 1. The van der Waals surface area contributed by atoms with Crippen molar-refractivity contribution in [2.45, 2.75) is 33.7 Å². The Hall–Kier alpha value is -1.05. The Kier molecular flexibility index (Phi) is 8.08. The molecule has 2 unspecified atom stereocenters. The molecule has 0 aliphatic carbocycles. The highest BCUT2D eigenvalue weighted by Gasteiger charge is 2.23. The molecule has 1 aromatic rings. The third kappa shape index (κ3) is 5.82. The molecular formula is C17H27FIN3O. The van der Waals surface area contributed by atoms with Gasteiger partial charge >= 0.3 is 0 Å². The number of nitrogens with one attached hydrogen (secondary N) is 1. The number of nitrogens with zero attached hydrogens (tertiary/aromatic N) is 2. The molecule has 23 heavy (non-hydrogen) atoms. The largest absolute Gasteiger partial charge is 0.505 e. The van der Waals surface area contributed by atoms with Crippen LogP contribution in [0.2, 0.25) is 0 Å². The van der Waals surface area contributed by atoms with Crippen LogP contribution in [-0.4, -0.2) is 35.6 Å². The Morgan fingerprint density at radius 3 is 2.57 bits per heavy atom. The molecule has 1 aromatic carbocycles. The Morgan fingerprint density at radius 2 is 2.00 bits per heavy atom. The Bertz CT molecular complexity index is 529. The predicted octanol–water partition coefficient (Wildman–Crippen LogP) is 3.59. The highest BCUT2D eigenvalue weighted by molar-refractivity contribution is 14.0. The summed E-state index contributed by atoms with van der Waals surface area (Å²) in [5.74, 6) is 1.27. The van der Waals surface area contributed by atoms with E-state index in [1.54, 1.807) is 6.07 Å². The zero-order valence-corrected chi connectivity index (χ0v) is 16.4. The average molecular weight is 435 g/mol. The van der Waals surface area contributed by atoms with E-state index >= 15 is 0 Å². The van der Waals surface area contributed by atoms with E-state index in [-0.39, 0.29) is 29.7 Å². The molecule has 2 N–H and O–H groups in total. The van der Waals surface area contributed by atoms with Gasteiger partial charge in [-0.3, -0.25) is 0 Å². The number of likely N-dealkylation sites (tertiary alicyclic amines) is 1. The molecule has 1 heterocycles. The number of guanidine groups is 1. The monoisotopic (exact) mass is 435 g/mol. The molecule has 1 fully saturated rings. The van der Waals surface area contributed by atoms with Gasteiger partial charge in [0.1, 0.15) is 0 Å². The second-order valence-corrected chi connectivity index (χ2v) is 6.31. The first-order valence-corrected chi connectivity index (χ1v) is 8.00. The molecule has 2 rings (SSSR count). The molecular weight excluding hydrogens is 408 g/mol. The lowest BCUT2D eigenvalue weighted by molar-refractivity contribution is 0.208. The number of benzene rings is 1. The molecule has 6 heteroatoms. The van der Waals surface area contributed by atoms with Crippen molar-refractivity contribution in [3.63, 3.8) is 0 Å². The normalized spacial score (nSPS) is 21.7. The van der Waals surface area contributed by atoms with E-state index in [0.29, 0.717) is 18.4 Å². The van der Waals surface area contributed by atoms with Crippen LogP contribution in [0.1, 0.15) is 32.8 Å². The fourth-order valence-electron chi connectivity index (χ4n) is 3.08. The fourth-order valence-corrected chi connectivity index (χ4v) is 3.08.